The van der Waals surface area contributed by atoms with Crippen LogP contribution in [0.2, 0.25) is 0 Å². The number of carboxylic acids is 1. The summed E-state index contributed by atoms with van der Waals surface area (Å²) in [4.78, 5) is 10.7. The standard InChI is InChI=1S/C14H15NO4/c1-14(2,8-16)10-5-3-9(4-6-10)12-7-11(13(17)18)15-19-12/h3-7,16H,8H2,1-2H3,(H,17,18). The van der Waals surface area contributed by atoms with Crippen molar-refractivity contribution in [2.45, 2.75) is 19.3 Å². The highest BCUT2D eigenvalue weighted by molar-refractivity contribution is 5.86. The maximum atomic E-state index is 10.7. The summed E-state index contributed by atoms with van der Waals surface area (Å²) >= 11 is 0. The first-order valence-electron chi connectivity index (χ1n) is 5.86. The molecule has 2 aromatic rings. The second-order valence-corrected chi connectivity index (χ2v) is 5.00. The molecule has 100 valence electrons. The monoisotopic (exact) mass is 261 g/mol. The number of aromatic carboxylic acids is 1. The lowest BCUT2D eigenvalue weighted by atomic mass is 9.85. The van der Waals surface area contributed by atoms with Crippen LogP contribution >= 0.6 is 0 Å². The van der Waals surface area contributed by atoms with Crippen molar-refractivity contribution in [2.24, 2.45) is 0 Å². The number of carbonyl (C=O) groups is 1. The highest BCUT2D eigenvalue weighted by Gasteiger charge is 2.19. The minimum Gasteiger partial charge on any atom is -0.476 e. The van der Waals surface area contributed by atoms with Gasteiger partial charge in [-0.2, -0.15) is 0 Å². The van der Waals surface area contributed by atoms with Crippen molar-refractivity contribution in [1.82, 2.24) is 5.16 Å². The molecule has 0 fully saturated rings. The molecule has 0 amide bonds. The fraction of sp³-hybridized carbons (Fsp3) is 0.286. The average molecular weight is 261 g/mol. The van der Waals surface area contributed by atoms with Crippen LogP contribution in [-0.4, -0.2) is 27.9 Å². The maximum absolute atomic E-state index is 10.7. The van der Waals surface area contributed by atoms with E-state index in [4.69, 9.17) is 9.63 Å². The van der Waals surface area contributed by atoms with Gasteiger partial charge in [-0.25, -0.2) is 4.79 Å². The van der Waals surface area contributed by atoms with Crippen LogP contribution < -0.4 is 0 Å². The average Bonchev–Trinajstić information content (AvgIpc) is 2.88. The van der Waals surface area contributed by atoms with Gasteiger partial charge in [0.1, 0.15) is 0 Å². The van der Waals surface area contributed by atoms with Gasteiger partial charge in [-0.1, -0.05) is 43.3 Å². The van der Waals surface area contributed by atoms with E-state index >= 15 is 0 Å². The topological polar surface area (TPSA) is 83.6 Å². The van der Waals surface area contributed by atoms with Crippen molar-refractivity contribution in [2.75, 3.05) is 6.61 Å². The van der Waals surface area contributed by atoms with Crippen LogP contribution in [0.1, 0.15) is 29.9 Å². The summed E-state index contributed by atoms with van der Waals surface area (Å²) in [7, 11) is 0. The van der Waals surface area contributed by atoms with Gasteiger partial charge in [0.05, 0.1) is 6.61 Å². The Balaban J connectivity index is 2.29. The normalized spacial score (nSPS) is 11.5. The second-order valence-electron chi connectivity index (χ2n) is 5.00. The first-order valence-corrected chi connectivity index (χ1v) is 5.86. The Kier molecular flexibility index (Phi) is 3.40. The van der Waals surface area contributed by atoms with Gasteiger partial charge in [0.2, 0.25) is 0 Å². The van der Waals surface area contributed by atoms with Crippen molar-refractivity contribution in [3.63, 3.8) is 0 Å². The van der Waals surface area contributed by atoms with Crippen molar-refractivity contribution in [1.29, 1.82) is 0 Å². The molecule has 0 spiro atoms. The van der Waals surface area contributed by atoms with E-state index in [1.54, 1.807) is 0 Å². The minimum atomic E-state index is -1.12. The molecule has 19 heavy (non-hydrogen) atoms. The molecule has 1 aromatic heterocycles. The quantitative estimate of drug-likeness (QED) is 0.882. The van der Waals surface area contributed by atoms with Crippen molar-refractivity contribution >= 4 is 5.97 Å². The van der Waals surface area contributed by atoms with E-state index in [1.165, 1.54) is 6.07 Å². The summed E-state index contributed by atoms with van der Waals surface area (Å²) in [6.07, 6.45) is 0. The summed E-state index contributed by atoms with van der Waals surface area (Å²) in [6, 6.07) is 8.79. The summed E-state index contributed by atoms with van der Waals surface area (Å²) in [5.41, 5.74) is 1.32. The van der Waals surface area contributed by atoms with E-state index in [2.05, 4.69) is 5.16 Å². The first kappa shape index (κ1) is 13.3. The van der Waals surface area contributed by atoms with Crippen LogP contribution in [0.3, 0.4) is 0 Å². The SMILES string of the molecule is CC(C)(CO)c1ccc(-c2cc(C(=O)O)no2)cc1. The third-order valence-corrected chi connectivity index (χ3v) is 3.08. The van der Waals surface area contributed by atoms with E-state index in [1.807, 2.05) is 38.1 Å². The predicted octanol–water partition coefficient (Wildman–Crippen LogP) is 2.31. The fourth-order valence-corrected chi connectivity index (χ4v) is 1.69. The Labute approximate surface area is 110 Å². The Morgan fingerprint density at radius 3 is 2.42 bits per heavy atom. The van der Waals surface area contributed by atoms with E-state index < -0.39 is 5.97 Å². The lowest BCUT2D eigenvalue weighted by Gasteiger charge is -2.22. The largest absolute Gasteiger partial charge is 0.476 e. The molecule has 0 saturated heterocycles. The number of aliphatic hydroxyl groups is 1. The van der Waals surface area contributed by atoms with Gasteiger partial charge < -0.3 is 14.7 Å². The summed E-state index contributed by atoms with van der Waals surface area (Å²) in [6.45, 7) is 3.94. The summed E-state index contributed by atoms with van der Waals surface area (Å²) in [5.74, 6) is -0.709. The molecule has 0 bridgehead atoms. The Hall–Kier alpha value is -2.14. The van der Waals surface area contributed by atoms with Gasteiger partial charge in [-0.15, -0.1) is 0 Å². The molecular formula is C14H15NO4. The van der Waals surface area contributed by atoms with Crippen LogP contribution in [0.25, 0.3) is 11.3 Å². The smallest absolute Gasteiger partial charge is 0.358 e. The molecule has 2 N–H and O–H groups in total. The second kappa shape index (κ2) is 4.85. The lowest BCUT2D eigenvalue weighted by molar-refractivity contribution is 0.0686. The molecule has 0 unspecified atom stereocenters. The number of hydrogen-bond donors (Lipinski definition) is 2. The highest BCUT2D eigenvalue weighted by atomic mass is 16.5. The summed E-state index contributed by atoms with van der Waals surface area (Å²) in [5, 5.41) is 21.5. The van der Waals surface area contributed by atoms with E-state index in [0.717, 1.165) is 11.1 Å². The van der Waals surface area contributed by atoms with E-state index in [0.29, 0.717) is 5.76 Å². The van der Waals surface area contributed by atoms with Crippen LogP contribution in [0.5, 0.6) is 0 Å². The molecule has 0 radical (unpaired) electrons. The molecule has 1 aromatic carbocycles. The van der Waals surface area contributed by atoms with Crippen LogP contribution in [0.4, 0.5) is 0 Å². The van der Waals surface area contributed by atoms with Crippen molar-refractivity contribution < 1.29 is 19.5 Å². The van der Waals surface area contributed by atoms with Gasteiger partial charge in [-0.3, -0.25) is 0 Å². The minimum absolute atomic E-state index is 0.0534. The molecule has 0 aliphatic carbocycles. The van der Waals surface area contributed by atoms with Gasteiger partial charge in [-0.05, 0) is 5.56 Å². The fourth-order valence-electron chi connectivity index (χ4n) is 1.69. The van der Waals surface area contributed by atoms with E-state index in [9.17, 15) is 9.90 Å². The van der Waals surface area contributed by atoms with Gasteiger partial charge in [0, 0.05) is 17.0 Å². The molecule has 0 atom stereocenters. The van der Waals surface area contributed by atoms with E-state index in [-0.39, 0.29) is 17.7 Å². The van der Waals surface area contributed by atoms with Gasteiger partial charge in [0.15, 0.2) is 11.5 Å². The van der Waals surface area contributed by atoms with Crippen LogP contribution in [-0.2, 0) is 5.41 Å². The zero-order chi connectivity index (χ0) is 14.0. The van der Waals surface area contributed by atoms with Gasteiger partial charge in [0.25, 0.3) is 0 Å². The molecule has 5 nitrogen and oxygen atoms in total. The van der Waals surface area contributed by atoms with Crippen molar-refractivity contribution in [3.8, 4) is 11.3 Å². The molecule has 0 aliphatic heterocycles. The zero-order valence-corrected chi connectivity index (χ0v) is 10.8. The number of benzene rings is 1. The first-order chi connectivity index (χ1) is 8.94. The lowest BCUT2D eigenvalue weighted by Crippen LogP contribution is -2.21. The third kappa shape index (κ3) is 2.66. The maximum Gasteiger partial charge on any atom is 0.358 e. The van der Waals surface area contributed by atoms with Crippen molar-refractivity contribution in [3.05, 3.63) is 41.6 Å². The number of carboxylic acid groups (broad SMARTS) is 1. The number of nitrogens with zero attached hydrogens (tertiary/aromatic N) is 1. The molecular weight excluding hydrogens is 246 g/mol. The Morgan fingerprint density at radius 2 is 1.95 bits per heavy atom. The Bertz CT molecular complexity index is 584. The summed E-state index contributed by atoms with van der Waals surface area (Å²) < 4.78 is 4.98. The number of hydrogen-bond acceptors (Lipinski definition) is 4. The third-order valence-electron chi connectivity index (χ3n) is 3.08. The predicted molar refractivity (Wildman–Crippen MR) is 69.0 cm³/mol. The highest BCUT2D eigenvalue weighted by Crippen LogP contribution is 2.26. The molecule has 0 saturated carbocycles. The number of aromatic nitrogens is 1. The molecule has 0 aliphatic rings. The van der Waals surface area contributed by atoms with Crippen LogP contribution in [0, 0.1) is 0 Å². The molecule has 1 heterocycles. The number of aliphatic hydroxyl groups excluding tert-OH is 1. The zero-order valence-electron chi connectivity index (χ0n) is 10.8. The van der Waals surface area contributed by atoms with Gasteiger partial charge >= 0.3 is 5.97 Å². The van der Waals surface area contributed by atoms with Crippen LogP contribution in [0.15, 0.2) is 34.9 Å². The Morgan fingerprint density at radius 1 is 1.32 bits per heavy atom. The molecule has 5 heteroatoms. The number of rotatable bonds is 4. The molecule has 2 rings (SSSR count).